The number of ether oxygens (including phenoxy) is 1. The lowest BCUT2D eigenvalue weighted by atomic mass is 10.0. The molecule has 0 heterocycles. The van der Waals surface area contributed by atoms with Crippen LogP contribution < -0.4 is 0 Å². The third-order valence-corrected chi connectivity index (χ3v) is 4.63. The van der Waals surface area contributed by atoms with Crippen LogP contribution in [0.2, 0.25) is 0 Å². The lowest BCUT2D eigenvalue weighted by molar-refractivity contribution is 0.127. The second-order valence-electron chi connectivity index (χ2n) is 6.75. The Bertz CT molecular complexity index is 385. The highest BCUT2D eigenvalue weighted by atomic mass is 16.5. The minimum atomic E-state index is 0.933. The molecule has 0 aromatic carbocycles. The van der Waals surface area contributed by atoms with Gasteiger partial charge in [0.2, 0.25) is 0 Å². The van der Waals surface area contributed by atoms with Crippen molar-refractivity contribution in [3.8, 4) is 0 Å². The fourth-order valence-electron chi connectivity index (χ4n) is 3.20. The SMILES string of the molecule is C1=CC(=CCCCCOCCCCC=C2C=CCCC2)CCC1. The summed E-state index contributed by atoms with van der Waals surface area (Å²) in [5.74, 6) is 0. The van der Waals surface area contributed by atoms with Gasteiger partial charge in [0.25, 0.3) is 0 Å². The summed E-state index contributed by atoms with van der Waals surface area (Å²) in [6, 6.07) is 0. The smallest absolute Gasteiger partial charge is 0.0466 e. The average molecular weight is 315 g/mol. The average Bonchev–Trinajstić information content (AvgIpc) is 2.61. The van der Waals surface area contributed by atoms with E-state index in [0.717, 1.165) is 13.2 Å². The standard InChI is InChI=1S/C22H34O/c1-5-13-21(14-6-1)17-9-3-11-19-23-20-12-4-10-18-22-15-7-2-8-16-22/h5,7,13,15,17-18H,1-4,6,8-12,14,16,19-20H2. The molecule has 0 bridgehead atoms. The lowest BCUT2D eigenvalue weighted by Gasteiger charge is -2.07. The molecular weight excluding hydrogens is 280 g/mol. The van der Waals surface area contributed by atoms with Crippen LogP contribution in [0.5, 0.6) is 0 Å². The molecule has 0 spiro atoms. The zero-order valence-corrected chi connectivity index (χ0v) is 14.8. The van der Waals surface area contributed by atoms with Gasteiger partial charge in [0, 0.05) is 13.2 Å². The summed E-state index contributed by atoms with van der Waals surface area (Å²) in [5, 5.41) is 0. The lowest BCUT2D eigenvalue weighted by Crippen LogP contribution is -1.97. The van der Waals surface area contributed by atoms with Gasteiger partial charge >= 0.3 is 0 Å². The Morgan fingerprint density at radius 3 is 1.70 bits per heavy atom. The molecule has 0 unspecified atom stereocenters. The van der Waals surface area contributed by atoms with E-state index in [2.05, 4.69) is 36.5 Å². The minimum Gasteiger partial charge on any atom is -0.381 e. The van der Waals surface area contributed by atoms with Gasteiger partial charge in [0.1, 0.15) is 0 Å². The van der Waals surface area contributed by atoms with Crippen molar-refractivity contribution in [1.82, 2.24) is 0 Å². The zero-order chi connectivity index (χ0) is 16.0. The molecule has 2 aliphatic carbocycles. The minimum absolute atomic E-state index is 0.933. The highest BCUT2D eigenvalue weighted by Crippen LogP contribution is 2.18. The zero-order valence-electron chi connectivity index (χ0n) is 14.8. The van der Waals surface area contributed by atoms with E-state index < -0.39 is 0 Å². The van der Waals surface area contributed by atoms with Crippen molar-refractivity contribution in [2.45, 2.75) is 77.0 Å². The van der Waals surface area contributed by atoms with Crippen LogP contribution in [0.25, 0.3) is 0 Å². The van der Waals surface area contributed by atoms with Crippen molar-refractivity contribution in [2.75, 3.05) is 13.2 Å². The van der Waals surface area contributed by atoms with Gasteiger partial charge in [0.05, 0.1) is 0 Å². The van der Waals surface area contributed by atoms with Gasteiger partial charge in [-0.1, -0.05) is 47.6 Å². The van der Waals surface area contributed by atoms with Crippen molar-refractivity contribution >= 4 is 0 Å². The molecule has 0 radical (unpaired) electrons. The molecule has 0 aliphatic heterocycles. The highest BCUT2D eigenvalue weighted by molar-refractivity contribution is 5.21. The fraction of sp³-hybridized carbons (Fsp3) is 0.636. The Morgan fingerprint density at radius 1 is 0.739 bits per heavy atom. The highest BCUT2D eigenvalue weighted by Gasteiger charge is 1.99. The first-order valence-corrected chi connectivity index (χ1v) is 9.74. The first kappa shape index (κ1) is 18.3. The molecule has 0 saturated heterocycles. The van der Waals surface area contributed by atoms with Gasteiger partial charge in [-0.2, -0.15) is 0 Å². The summed E-state index contributed by atoms with van der Waals surface area (Å²) in [4.78, 5) is 0. The first-order chi connectivity index (χ1) is 11.4. The van der Waals surface area contributed by atoms with E-state index in [1.54, 1.807) is 11.1 Å². The third kappa shape index (κ3) is 8.95. The van der Waals surface area contributed by atoms with Crippen molar-refractivity contribution in [3.05, 3.63) is 47.6 Å². The third-order valence-electron chi connectivity index (χ3n) is 4.63. The molecule has 2 aliphatic rings. The van der Waals surface area contributed by atoms with Crippen molar-refractivity contribution < 1.29 is 4.74 Å². The second-order valence-corrected chi connectivity index (χ2v) is 6.75. The molecule has 0 amide bonds. The molecule has 0 fully saturated rings. The van der Waals surface area contributed by atoms with Gasteiger partial charge in [-0.15, -0.1) is 0 Å². The summed E-state index contributed by atoms with van der Waals surface area (Å²) in [6.45, 7) is 1.87. The number of hydrogen-bond donors (Lipinski definition) is 0. The van der Waals surface area contributed by atoms with Crippen molar-refractivity contribution in [2.24, 2.45) is 0 Å². The first-order valence-electron chi connectivity index (χ1n) is 9.74. The number of unbranched alkanes of at least 4 members (excludes halogenated alkanes) is 4. The summed E-state index contributed by atoms with van der Waals surface area (Å²) < 4.78 is 5.75. The number of hydrogen-bond acceptors (Lipinski definition) is 1. The Labute approximate surface area is 143 Å². The largest absolute Gasteiger partial charge is 0.381 e. The van der Waals surface area contributed by atoms with E-state index in [1.165, 1.54) is 77.0 Å². The van der Waals surface area contributed by atoms with E-state index in [4.69, 9.17) is 4.74 Å². The fourth-order valence-corrected chi connectivity index (χ4v) is 3.20. The number of rotatable bonds is 10. The van der Waals surface area contributed by atoms with Gasteiger partial charge in [0.15, 0.2) is 0 Å². The molecular formula is C22H34O. The summed E-state index contributed by atoms with van der Waals surface area (Å²) in [6.07, 6.45) is 29.1. The molecule has 23 heavy (non-hydrogen) atoms. The molecule has 0 saturated carbocycles. The van der Waals surface area contributed by atoms with E-state index in [9.17, 15) is 0 Å². The molecule has 1 heteroatoms. The molecule has 2 rings (SSSR count). The molecule has 0 N–H and O–H groups in total. The van der Waals surface area contributed by atoms with Gasteiger partial charge in [-0.3, -0.25) is 0 Å². The second kappa shape index (κ2) is 12.4. The van der Waals surface area contributed by atoms with E-state index in [1.807, 2.05) is 0 Å². The van der Waals surface area contributed by atoms with Gasteiger partial charge in [-0.05, 0) is 77.0 Å². The van der Waals surface area contributed by atoms with Crippen LogP contribution in [-0.4, -0.2) is 13.2 Å². The Hall–Kier alpha value is -1.08. The quantitative estimate of drug-likeness (QED) is 0.409. The van der Waals surface area contributed by atoms with Gasteiger partial charge < -0.3 is 4.74 Å². The van der Waals surface area contributed by atoms with Crippen LogP contribution in [0.3, 0.4) is 0 Å². The topological polar surface area (TPSA) is 9.23 Å². The molecule has 1 nitrogen and oxygen atoms in total. The number of allylic oxidation sites excluding steroid dienone is 8. The monoisotopic (exact) mass is 314 g/mol. The van der Waals surface area contributed by atoms with Crippen LogP contribution in [0.4, 0.5) is 0 Å². The maximum Gasteiger partial charge on any atom is 0.0466 e. The van der Waals surface area contributed by atoms with Gasteiger partial charge in [-0.25, -0.2) is 0 Å². The van der Waals surface area contributed by atoms with Crippen LogP contribution in [0.15, 0.2) is 47.6 Å². The van der Waals surface area contributed by atoms with Crippen molar-refractivity contribution in [1.29, 1.82) is 0 Å². The maximum absolute atomic E-state index is 5.75. The van der Waals surface area contributed by atoms with Crippen LogP contribution in [0.1, 0.15) is 77.0 Å². The van der Waals surface area contributed by atoms with E-state index in [0.29, 0.717) is 0 Å². The summed E-state index contributed by atoms with van der Waals surface area (Å²) >= 11 is 0. The van der Waals surface area contributed by atoms with Crippen molar-refractivity contribution in [3.63, 3.8) is 0 Å². The molecule has 0 atom stereocenters. The Balaban J connectivity index is 1.37. The maximum atomic E-state index is 5.75. The predicted octanol–water partition coefficient (Wildman–Crippen LogP) is 6.68. The Morgan fingerprint density at radius 2 is 1.26 bits per heavy atom. The van der Waals surface area contributed by atoms with E-state index in [-0.39, 0.29) is 0 Å². The van der Waals surface area contributed by atoms with Crippen LogP contribution in [-0.2, 0) is 4.74 Å². The summed E-state index contributed by atoms with van der Waals surface area (Å²) in [5.41, 5.74) is 3.08. The van der Waals surface area contributed by atoms with Crippen LogP contribution in [0, 0.1) is 0 Å². The summed E-state index contributed by atoms with van der Waals surface area (Å²) in [7, 11) is 0. The Kier molecular flexibility index (Phi) is 9.81. The predicted molar refractivity (Wildman–Crippen MR) is 101 cm³/mol. The molecule has 0 aromatic rings. The normalized spacial score (nSPS) is 21.4. The van der Waals surface area contributed by atoms with Crippen LogP contribution >= 0.6 is 0 Å². The molecule has 128 valence electrons. The molecule has 0 aromatic heterocycles. The van der Waals surface area contributed by atoms with E-state index >= 15 is 0 Å².